The predicted octanol–water partition coefficient (Wildman–Crippen LogP) is 7.10. The fourth-order valence-corrected chi connectivity index (χ4v) is 5.14. The van der Waals surface area contributed by atoms with Crippen molar-refractivity contribution in [2.75, 3.05) is 26.9 Å². The first-order valence-electron chi connectivity index (χ1n) is 15.6. The van der Waals surface area contributed by atoms with Crippen LogP contribution >= 0.6 is 23.5 Å². The molecule has 264 valence electrons. The molecule has 0 unspecified atom stereocenters. The molecular formula is C35H32ClFN12O2S. The molecule has 3 amide bonds. The molecule has 0 fully saturated rings. The lowest BCUT2D eigenvalue weighted by molar-refractivity contribution is -0.115. The number of anilines is 4. The van der Waals surface area contributed by atoms with Crippen molar-refractivity contribution >= 4 is 58.8 Å². The van der Waals surface area contributed by atoms with Crippen molar-refractivity contribution < 1.29 is 14.0 Å². The number of hydrogen-bond donors (Lipinski definition) is 4. The number of aromatic nitrogens is 8. The van der Waals surface area contributed by atoms with Gasteiger partial charge in [-0.2, -0.15) is 19.9 Å². The standard InChI is InChI=1S/C18H19N7OS.C17H13ClFN5O/c1-11-10-13(25-27-3)7-8-14(11)22-18(26)24-17-21-12(2)20-16(23-17)15-6-4-5-9-19-15;1-10-21-16(14-4-2-3-7-20-14)24-17(22-10)23-15(25)8-11-5-6-12(19)9-13(11)18/h4-10,25H,1-3H3,(H2,20,21,22,23,24,26);2-7,9H,8H2,1H3,(H,21,22,23,24,25). The zero-order valence-electron chi connectivity index (χ0n) is 28.3. The Bertz CT molecular complexity index is 2180. The summed E-state index contributed by atoms with van der Waals surface area (Å²) in [5, 5.41) is 8.25. The molecule has 0 saturated heterocycles. The summed E-state index contributed by atoms with van der Waals surface area (Å²) in [7, 11) is 0. The zero-order chi connectivity index (χ0) is 37.0. The molecule has 6 aromatic rings. The first-order chi connectivity index (χ1) is 25.1. The number of carbonyl (C=O) groups is 2. The smallest absolute Gasteiger partial charge is 0.326 e. The molecule has 6 rings (SSSR count). The Morgan fingerprint density at radius 2 is 1.35 bits per heavy atom. The van der Waals surface area contributed by atoms with Crippen molar-refractivity contribution in [3.63, 3.8) is 0 Å². The van der Waals surface area contributed by atoms with Crippen molar-refractivity contribution in [1.29, 1.82) is 0 Å². The van der Waals surface area contributed by atoms with Gasteiger partial charge in [0.1, 0.15) is 28.9 Å². The summed E-state index contributed by atoms with van der Waals surface area (Å²) >= 11 is 7.45. The van der Waals surface area contributed by atoms with Gasteiger partial charge in [-0.3, -0.25) is 25.4 Å². The van der Waals surface area contributed by atoms with Crippen molar-refractivity contribution in [1.82, 2.24) is 39.9 Å². The SMILES string of the molecule is CSNc1ccc(NC(=O)Nc2nc(C)nc(-c3ccccn3)n2)c(C)c1.Cc1nc(NC(=O)Cc2ccc(F)cc2Cl)nc(-c2ccccn2)n1. The van der Waals surface area contributed by atoms with Crippen LogP contribution in [0.5, 0.6) is 0 Å². The minimum atomic E-state index is -0.456. The number of benzene rings is 2. The van der Waals surface area contributed by atoms with E-state index >= 15 is 0 Å². The Hall–Kier alpha value is -6.13. The molecule has 0 radical (unpaired) electrons. The van der Waals surface area contributed by atoms with Gasteiger partial charge in [-0.1, -0.05) is 41.7 Å². The predicted molar refractivity (Wildman–Crippen MR) is 200 cm³/mol. The van der Waals surface area contributed by atoms with Crippen molar-refractivity contribution in [3.8, 4) is 23.0 Å². The van der Waals surface area contributed by atoms with Crippen LogP contribution < -0.4 is 20.7 Å². The summed E-state index contributed by atoms with van der Waals surface area (Å²) in [6.45, 7) is 5.35. The second-order valence-corrected chi connectivity index (χ2v) is 11.9. The molecule has 0 saturated carbocycles. The van der Waals surface area contributed by atoms with Gasteiger partial charge in [0.05, 0.1) is 6.42 Å². The van der Waals surface area contributed by atoms with Crippen LogP contribution in [0.2, 0.25) is 5.02 Å². The minimum absolute atomic E-state index is 0.0250. The van der Waals surface area contributed by atoms with Crippen LogP contribution in [0.1, 0.15) is 22.8 Å². The van der Waals surface area contributed by atoms with E-state index in [1.807, 2.05) is 49.6 Å². The first-order valence-corrected chi connectivity index (χ1v) is 17.2. The number of carbonyl (C=O) groups excluding carboxylic acids is 2. The average molecular weight is 739 g/mol. The normalized spacial score (nSPS) is 10.4. The Morgan fingerprint density at radius 1 is 0.731 bits per heavy atom. The van der Waals surface area contributed by atoms with E-state index in [9.17, 15) is 14.0 Å². The van der Waals surface area contributed by atoms with Crippen LogP contribution in [0.25, 0.3) is 23.0 Å². The lowest BCUT2D eigenvalue weighted by Crippen LogP contribution is -2.22. The Balaban J connectivity index is 0.000000202. The van der Waals surface area contributed by atoms with Gasteiger partial charge in [-0.05, 0) is 86.5 Å². The van der Waals surface area contributed by atoms with Crippen molar-refractivity contribution in [2.24, 2.45) is 0 Å². The van der Waals surface area contributed by atoms with Gasteiger partial charge in [0.25, 0.3) is 0 Å². The van der Waals surface area contributed by atoms with E-state index < -0.39 is 11.8 Å². The van der Waals surface area contributed by atoms with Crippen molar-refractivity contribution in [2.45, 2.75) is 27.2 Å². The quantitative estimate of drug-likeness (QED) is 0.110. The summed E-state index contributed by atoms with van der Waals surface area (Å²) < 4.78 is 16.2. The molecule has 0 spiro atoms. The lowest BCUT2D eigenvalue weighted by atomic mass is 10.1. The van der Waals surface area contributed by atoms with Gasteiger partial charge in [-0.15, -0.1) is 0 Å². The molecule has 0 atom stereocenters. The zero-order valence-corrected chi connectivity index (χ0v) is 29.9. The molecular weight excluding hydrogens is 707 g/mol. The Morgan fingerprint density at radius 3 is 1.88 bits per heavy atom. The summed E-state index contributed by atoms with van der Waals surface area (Å²) in [4.78, 5) is 58.2. The molecule has 0 aliphatic rings. The van der Waals surface area contributed by atoms with Crippen LogP contribution in [0, 0.1) is 26.6 Å². The molecule has 14 nitrogen and oxygen atoms in total. The van der Waals surface area contributed by atoms with E-state index in [1.165, 1.54) is 24.1 Å². The molecule has 52 heavy (non-hydrogen) atoms. The van der Waals surface area contributed by atoms with Gasteiger partial charge >= 0.3 is 6.03 Å². The number of pyridine rings is 2. The highest BCUT2D eigenvalue weighted by Gasteiger charge is 2.14. The fourth-order valence-electron chi connectivity index (χ4n) is 4.54. The third-order valence-electron chi connectivity index (χ3n) is 6.82. The van der Waals surface area contributed by atoms with Gasteiger partial charge in [0.15, 0.2) is 11.6 Å². The number of halogens is 2. The molecule has 0 aliphatic carbocycles. The second-order valence-electron chi connectivity index (χ2n) is 10.9. The monoisotopic (exact) mass is 738 g/mol. The maximum atomic E-state index is 13.1. The van der Waals surface area contributed by atoms with Crippen LogP contribution in [-0.4, -0.2) is 58.1 Å². The largest absolute Gasteiger partial charge is 0.330 e. The van der Waals surface area contributed by atoms with Crippen LogP contribution in [0.15, 0.2) is 85.2 Å². The van der Waals surface area contributed by atoms with E-state index in [4.69, 9.17) is 11.6 Å². The van der Waals surface area contributed by atoms with E-state index in [1.54, 1.807) is 44.4 Å². The van der Waals surface area contributed by atoms with Gasteiger partial charge in [-0.25, -0.2) is 19.2 Å². The molecule has 0 bridgehead atoms. The van der Waals surface area contributed by atoms with Crippen molar-refractivity contribution in [3.05, 3.63) is 119 Å². The van der Waals surface area contributed by atoms with E-state index in [-0.39, 0.29) is 29.2 Å². The van der Waals surface area contributed by atoms with Crippen LogP contribution in [-0.2, 0) is 11.2 Å². The Kier molecular flexibility index (Phi) is 12.6. The number of nitrogens with zero attached hydrogens (tertiary/aromatic N) is 8. The minimum Gasteiger partial charge on any atom is -0.330 e. The van der Waals surface area contributed by atoms with Gasteiger partial charge in [0.2, 0.25) is 17.8 Å². The molecule has 4 N–H and O–H groups in total. The third kappa shape index (κ3) is 10.7. The number of rotatable bonds is 9. The number of amides is 3. The summed E-state index contributed by atoms with van der Waals surface area (Å²) in [5.41, 5.74) is 4.31. The highest BCUT2D eigenvalue weighted by molar-refractivity contribution is 7.99. The molecule has 2 aromatic carbocycles. The first kappa shape index (κ1) is 37.1. The fraction of sp³-hybridized carbons (Fsp3) is 0.143. The highest BCUT2D eigenvalue weighted by Crippen LogP contribution is 2.22. The summed E-state index contributed by atoms with van der Waals surface area (Å²) in [6, 6.07) is 20.0. The van der Waals surface area contributed by atoms with Gasteiger partial charge < -0.3 is 10.0 Å². The number of nitrogens with one attached hydrogen (secondary N) is 4. The Labute approximate surface area is 307 Å². The third-order valence-corrected chi connectivity index (χ3v) is 7.61. The van der Waals surface area contributed by atoms with E-state index in [0.29, 0.717) is 45.9 Å². The number of hydrogen-bond acceptors (Lipinski definition) is 12. The van der Waals surface area contributed by atoms with E-state index in [0.717, 1.165) is 17.3 Å². The van der Waals surface area contributed by atoms with Crippen LogP contribution in [0.4, 0.5) is 32.5 Å². The number of urea groups is 1. The molecule has 4 aromatic heterocycles. The molecule has 4 heterocycles. The average Bonchev–Trinajstić information content (AvgIpc) is 3.11. The maximum absolute atomic E-state index is 13.1. The maximum Gasteiger partial charge on any atom is 0.326 e. The summed E-state index contributed by atoms with van der Waals surface area (Å²) in [5.74, 6) is 1.17. The lowest BCUT2D eigenvalue weighted by Gasteiger charge is -2.11. The molecule has 0 aliphatic heterocycles. The van der Waals surface area contributed by atoms with E-state index in [2.05, 4.69) is 60.5 Å². The highest BCUT2D eigenvalue weighted by atomic mass is 35.5. The molecule has 17 heteroatoms. The summed E-state index contributed by atoms with van der Waals surface area (Å²) in [6.07, 6.45) is 5.21. The van der Waals surface area contributed by atoms with Crippen LogP contribution in [0.3, 0.4) is 0 Å². The van der Waals surface area contributed by atoms with Gasteiger partial charge in [0, 0.05) is 35.0 Å². The number of aryl methyl sites for hydroxylation is 3. The topological polar surface area (TPSA) is 185 Å². The second kappa shape index (κ2) is 17.7.